The maximum Gasteiger partial charge on any atom is 0.282 e. The van der Waals surface area contributed by atoms with Crippen molar-refractivity contribution in [1.82, 2.24) is 25.6 Å². The Kier molecular flexibility index (Phi) is 6.30. The Morgan fingerprint density at radius 2 is 1.78 bits per heavy atom. The predicted octanol–water partition coefficient (Wildman–Crippen LogP) is 1.13. The molecule has 0 unspecified atom stereocenters. The lowest BCUT2D eigenvalue weighted by Gasteiger charge is -2.32. The van der Waals surface area contributed by atoms with Crippen LogP contribution in [0.15, 0.2) is 60.6 Å². The molecule has 2 N–H and O–H groups in total. The van der Waals surface area contributed by atoms with E-state index in [2.05, 4.69) is 20.6 Å². The van der Waals surface area contributed by atoms with E-state index in [0.29, 0.717) is 5.56 Å². The van der Waals surface area contributed by atoms with Crippen LogP contribution in [-0.2, 0) is 4.79 Å². The van der Waals surface area contributed by atoms with E-state index in [4.69, 9.17) is 0 Å². The quantitative estimate of drug-likeness (QED) is 0.777. The Hall–Kier alpha value is -3.03. The molecule has 1 aromatic heterocycles. The van der Waals surface area contributed by atoms with Crippen molar-refractivity contribution < 1.29 is 9.59 Å². The Morgan fingerprint density at radius 3 is 2.44 bits per heavy atom. The minimum absolute atomic E-state index is 0.177. The van der Waals surface area contributed by atoms with Gasteiger partial charge in [-0.05, 0) is 36.9 Å². The summed E-state index contributed by atoms with van der Waals surface area (Å²) >= 11 is 0. The fourth-order valence-corrected chi connectivity index (χ4v) is 2.69. The van der Waals surface area contributed by atoms with Crippen molar-refractivity contribution in [3.05, 3.63) is 71.7 Å². The number of nitrogens with zero attached hydrogens (tertiary/aromatic N) is 3. The van der Waals surface area contributed by atoms with E-state index < -0.39 is 0 Å². The summed E-state index contributed by atoms with van der Waals surface area (Å²) in [7, 11) is 2.05. The van der Waals surface area contributed by atoms with Crippen molar-refractivity contribution in [3.8, 4) is 0 Å². The minimum atomic E-state index is -0.354. The van der Waals surface area contributed by atoms with Gasteiger partial charge in [-0.3, -0.25) is 20.0 Å². The lowest BCUT2D eigenvalue weighted by Crippen LogP contribution is -2.53. The zero-order valence-electron chi connectivity index (χ0n) is 15.3. The number of hydrogen-bond donors (Lipinski definition) is 2. The van der Waals surface area contributed by atoms with Gasteiger partial charge in [0.2, 0.25) is 0 Å². The van der Waals surface area contributed by atoms with E-state index in [1.165, 1.54) is 0 Å². The molecule has 2 amide bonds. The van der Waals surface area contributed by atoms with Crippen LogP contribution in [0.2, 0.25) is 0 Å². The number of hydrogen-bond acceptors (Lipinski definition) is 5. The van der Waals surface area contributed by atoms with E-state index in [1.807, 2.05) is 24.2 Å². The Bertz CT molecular complexity index is 800. The van der Waals surface area contributed by atoms with Crippen molar-refractivity contribution in [2.24, 2.45) is 0 Å². The first kappa shape index (κ1) is 18.8. The maximum absolute atomic E-state index is 12.8. The largest absolute Gasteiger partial charge is 0.317 e. The van der Waals surface area contributed by atoms with Gasteiger partial charge >= 0.3 is 0 Å². The Morgan fingerprint density at radius 1 is 1.04 bits per heavy atom. The molecule has 1 aromatic carbocycles. The van der Waals surface area contributed by atoms with Gasteiger partial charge in [0.15, 0.2) is 0 Å². The molecule has 0 bridgehead atoms. The number of nitrogens with one attached hydrogen (secondary N) is 2. The molecule has 0 spiro atoms. The first-order chi connectivity index (χ1) is 13.1. The molecule has 1 saturated heterocycles. The van der Waals surface area contributed by atoms with Gasteiger partial charge in [-0.15, -0.1) is 0 Å². The first-order valence-electron chi connectivity index (χ1n) is 8.84. The van der Waals surface area contributed by atoms with Crippen LogP contribution in [0.1, 0.15) is 15.9 Å². The van der Waals surface area contributed by atoms with Gasteiger partial charge in [-0.2, -0.15) is 0 Å². The van der Waals surface area contributed by atoms with Gasteiger partial charge < -0.3 is 10.2 Å². The second-order valence-corrected chi connectivity index (χ2v) is 6.40. The summed E-state index contributed by atoms with van der Waals surface area (Å²) in [5, 5.41) is 4.59. The summed E-state index contributed by atoms with van der Waals surface area (Å²) in [5.41, 5.74) is 4.28. The highest BCUT2D eigenvalue weighted by atomic mass is 16.2. The number of carbonyl (C=O) groups excluding carboxylic acids is 2. The maximum atomic E-state index is 12.8. The fraction of sp³-hybridized carbons (Fsp3) is 0.250. The average Bonchev–Trinajstić information content (AvgIpc) is 2.70. The number of amides is 2. The summed E-state index contributed by atoms with van der Waals surface area (Å²) in [6.07, 6.45) is 4.92. The van der Waals surface area contributed by atoms with Crippen molar-refractivity contribution in [3.63, 3.8) is 0 Å². The fourth-order valence-electron chi connectivity index (χ4n) is 2.69. The second kappa shape index (κ2) is 9.07. The molecule has 1 aliphatic heterocycles. The lowest BCUT2D eigenvalue weighted by atomic mass is 10.2. The Balaban J connectivity index is 1.76. The van der Waals surface area contributed by atoms with Crippen LogP contribution in [0.5, 0.6) is 0 Å². The molecule has 0 saturated carbocycles. The van der Waals surface area contributed by atoms with Crippen LogP contribution in [0.3, 0.4) is 0 Å². The van der Waals surface area contributed by atoms with E-state index in [-0.39, 0.29) is 17.5 Å². The molecular weight excluding hydrogens is 342 g/mol. The highest BCUT2D eigenvalue weighted by Gasteiger charge is 2.19. The normalized spacial score (nSPS) is 16.0. The summed E-state index contributed by atoms with van der Waals surface area (Å²) in [4.78, 5) is 31.6. The molecular formula is C20H23N5O2. The van der Waals surface area contributed by atoms with Gasteiger partial charge in [-0.1, -0.05) is 24.3 Å². The third-order valence-corrected chi connectivity index (χ3v) is 4.29. The summed E-state index contributed by atoms with van der Waals surface area (Å²) in [5.74, 6) is -0.688. The predicted molar refractivity (Wildman–Crippen MR) is 103 cm³/mol. The molecule has 2 heterocycles. The molecule has 1 fully saturated rings. The molecule has 140 valence electrons. The number of piperazine rings is 1. The van der Waals surface area contributed by atoms with Gasteiger partial charge in [0, 0.05) is 44.1 Å². The molecule has 3 rings (SSSR count). The highest BCUT2D eigenvalue weighted by molar-refractivity contribution is 6.05. The van der Waals surface area contributed by atoms with Crippen LogP contribution in [0, 0.1) is 0 Å². The topological polar surface area (TPSA) is 77.6 Å². The summed E-state index contributed by atoms with van der Waals surface area (Å²) in [6, 6.07) is 12.4. The van der Waals surface area contributed by atoms with Crippen molar-refractivity contribution in [2.75, 3.05) is 33.2 Å². The van der Waals surface area contributed by atoms with E-state index >= 15 is 0 Å². The molecule has 27 heavy (non-hydrogen) atoms. The smallest absolute Gasteiger partial charge is 0.282 e. The number of carbonyl (C=O) groups is 2. The molecule has 7 nitrogen and oxygen atoms in total. The van der Waals surface area contributed by atoms with Gasteiger partial charge in [0.1, 0.15) is 5.70 Å². The summed E-state index contributed by atoms with van der Waals surface area (Å²) in [6.45, 7) is 3.21. The monoisotopic (exact) mass is 365 g/mol. The van der Waals surface area contributed by atoms with Gasteiger partial charge in [0.05, 0.1) is 0 Å². The molecule has 0 radical (unpaired) electrons. The minimum Gasteiger partial charge on any atom is -0.317 e. The number of hydrazine groups is 1. The SMILES string of the molecule is CN1CCN(NC(=O)C(=Cc2cccnc2)NC(=O)c2ccccc2)CC1. The van der Waals surface area contributed by atoms with E-state index in [0.717, 1.165) is 31.7 Å². The third-order valence-electron chi connectivity index (χ3n) is 4.29. The molecule has 2 aromatic rings. The second-order valence-electron chi connectivity index (χ2n) is 6.40. The number of benzene rings is 1. The highest BCUT2D eigenvalue weighted by Crippen LogP contribution is 2.07. The van der Waals surface area contributed by atoms with E-state index in [1.54, 1.807) is 48.8 Å². The van der Waals surface area contributed by atoms with Crippen molar-refractivity contribution in [2.45, 2.75) is 0 Å². The lowest BCUT2D eigenvalue weighted by molar-refractivity contribution is -0.123. The van der Waals surface area contributed by atoms with Crippen LogP contribution in [0.25, 0.3) is 6.08 Å². The standard InChI is InChI=1S/C20H23N5O2/c1-24-10-12-25(13-11-24)23-20(27)18(14-16-6-5-9-21-15-16)22-19(26)17-7-3-2-4-8-17/h2-9,14-15H,10-13H2,1H3,(H,22,26)(H,23,27). The molecule has 7 heteroatoms. The van der Waals surface area contributed by atoms with Crippen LogP contribution in [-0.4, -0.2) is 59.9 Å². The average molecular weight is 365 g/mol. The molecule has 0 atom stereocenters. The molecule has 0 aliphatic carbocycles. The summed E-state index contributed by atoms with van der Waals surface area (Å²) < 4.78 is 0. The number of rotatable bonds is 5. The van der Waals surface area contributed by atoms with Gasteiger partial charge in [0.25, 0.3) is 11.8 Å². The van der Waals surface area contributed by atoms with Gasteiger partial charge in [-0.25, -0.2) is 5.01 Å². The zero-order valence-corrected chi connectivity index (χ0v) is 15.3. The third kappa shape index (κ3) is 5.47. The molecule has 1 aliphatic rings. The van der Waals surface area contributed by atoms with Crippen LogP contribution < -0.4 is 10.7 Å². The van der Waals surface area contributed by atoms with Crippen molar-refractivity contribution in [1.29, 1.82) is 0 Å². The van der Waals surface area contributed by atoms with Crippen LogP contribution in [0.4, 0.5) is 0 Å². The Labute approximate surface area is 158 Å². The van der Waals surface area contributed by atoms with E-state index in [9.17, 15) is 9.59 Å². The number of likely N-dealkylation sites (N-methyl/N-ethyl adjacent to an activating group) is 1. The number of aromatic nitrogens is 1. The first-order valence-corrected chi connectivity index (χ1v) is 8.84. The van der Waals surface area contributed by atoms with Crippen LogP contribution >= 0.6 is 0 Å². The zero-order chi connectivity index (χ0) is 19.1. The number of pyridine rings is 1. The van der Waals surface area contributed by atoms with Crippen molar-refractivity contribution >= 4 is 17.9 Å².